The van der Waals surface area contributed by atoms with Crippen molar-refractivity contribution in [3.05, 3.63) is 83.3 Å². The molecule has 0 aliphatic rings. The zero-order valence-electron chi connectivity index (χ0n) is 17.0. The van der Waals surface area contributed by atoms with E-state index in [9.17, 15) is 9.59 Å². The number of furan rings is 1. The lowest BCUT2D eigenvalue weighted by Crippen LogP contribution is -2.20. The quantitative estimate of drug-likeness (QED) is 0.276. The number of hydrogen-bond acceptors (Lipinski definition) is 7. The molecule has 0 aliphatic heterocycles. The van der Waals surface area contributed by atoms with Gasteiger partial charge in [0.25, 0.3) is 0 Å². The second kappa shape index (κ2) is 9.40. The van der Waals surface area contributed by atoms with Crippen molar-refractivity contribution in [1.29, 1.82) is 0 Å². The summed E-state index contributed by atoms with van der Waals surface area (Å²) in [7, 11) is 0. The Balaban J connectivity index is 1.60. The summed E-state index contributed by atoms with van der Waals surface area (Å²) in [5.74, 6) is -1.29. The molecule has 31 heavy (non-hydrogen) atoms. The Morgan fingerprint density at radius 1 is 0.677 bits per heavy atom. The second-order valence-corrected chi connectivity index (χ2v) is 6.68. The molecule has 1 aromatic heterocycles. The summed E-state index contributed by atoms with van der Waals surface area (Å²) in [6.45, 7) is 3.49. The van der Waals surface area contributed by atoms with Gasteiger partial charge in [-0.1, -0.05) is 24.3 Å². The van der Waals surface area contributed by atoms with Crippen LogP contribution in [0.3, 0.4) is 0 Å². The third-order valence-electron chi connectivity index (χ3n) is 4.36. The number of benzene rings is 2. The van der Waals surface area contributed by atoms with Crippen LogP contribution >= 0.6 is 0 Å². The van der Waals surface area contributed by atoms with Crippen LogP contribution in [0.2, 0.25) is 0 Å². The van der Waals surface area contributed by atoms with Crippen molar-refractivity contribution in [3.8, 4) is 0 Å². The zero-order chi connectivity index (χ0) is 22.4. The van der Waals surface area contributed by atoms with Gasteiger partial charge in [-0.25, -0.2) is 10.9 Å². The summed E-state index contributed by atoms with van der Waals surface area (Å²) in [6, 6.07) is 16.9. The van der Waals surface area contributed by atoms with Crippen LogP contribution in [0.25, 0.3) is 0 Å². The predicted molar refractivity (Wildman–Crippen MR) is 120 cm³/mol. The molecule has 2 amide bonds. The monoisotopic (exact) mass is 418 g/mol. The van der Waals surface area contributed by atoms with Crippen molar-refractivity contribution in [1.82, 2.24) is 10.9 Å². The first-order chi connectivity index (χ1) is 14.8. The molecule has 0 fully saturated rings. The van der Waals surface area contributed by atoms with E-state index in [4.69, 9.17) is 15.9 Å². The van der Waals surface area contributed by atoms with Crippen molar-refractivity contribution >= 4 is 34.6 Å². The molecule has 2 aromatic carbocycles. The third-order valence-corrected chi connectivity index (χ3v) is 4.36. The summed E-state index contributed by atoms with van der Waals surface area (Å²) in [6.07, 6.45) is 0. The van der Waals surface area contributed by atoms with Crippen molar-refractivity contribution in [2.75, 3.05) is 11.5 Å². The smallest absolute Gasteiger partial charge is 0.307 e. The Kier molecular flexibility index (Phi) is 6.46. The van der Waals surface area contributed by atoms with Crippen LogP contribution in [-0.4, -0.2) is 23.2 Å². The lowest BCUT2D eigenvalue weighted by molar-refractivity contribution is 0.0902. The highest BCUT2D eigenvalue weighted by molar-refractivity contribution is 6.02. The van der Waals surface area contributed by atoms with Gasteiger partial charge in [-0.05, 0) is 61.4 Å². The standard InChI is InChI=1S/C22H22N6O3/c1-13(15-3-7-17(23)8-4-15)25-27-21(29)19-11-12-20(31-19)22(30)28-26-14(2)16-5-9-18(24)10-6-16/h3-12H,23-24H2,1-2H3,(H,27,29)(H,28,30). The van der Waals surface area contributed by atoms with Gasteiger partial charge >= 0.3 is 11.8 Å². The lowest BCUT2D eigenvalue weighted by atomic mass is 10.1. The molecule has 0 saturated heterocycles. The molecule has 0 atom stereocenters. The minimum atomic E-state index is -0.588. The van der Waals surface area contributed by atoms with E-state index in [1.165, 1.54) is 12.1 Å². The highest BCUT2D eigenvalue weighted by Gasteiger charge is 2.15. The van der Waals surface area contributed by atoms with Crippen LogP contribution in [-0.2, 0) is 0 Å². The van der Waals surface area contributed by atoms with Gasteiger partial charge in [0.1, 0.15) is 0 Å². The number of nitrogens with zero attached hydrogens (tertiary/aromatic N) is 2. The molecule has 9 nitrogen and oxygen atoms in total. The van der Waals surface area contributed by atoms with E-state index in [1.807, 2.05) is 0 Å². The number of carbonyl (C=O) groups is 2. The van der Waals surface area contributed by atoms with Gasteiger partial charge in [0.05, 0.1) is 11.4 Å². The van der Waals surface area contributed by atoms with Crippen molar-refractivity contribution in [2.45, 2.75) is 13.8 Å². The van der Waals surface area contributed by atoms with Gasteiger partial charge in [0, 0.05) is 11.4 Å². The molecule has 0 spiro atoms. The van der Waals surface area contributed by atoms with Gasteiger partial charge in [-0.3, -0.25) is 9.59 Å². The normalized spacial score (nSPS) is 11.8. The molecule has 158 valence electrons. The SMILES string of the molecule is CC(=NNC(=O)c1ccc(C(=O)NN=C(C)c2ccc(N)cc2)o1)c1ccc(N)cc1. The Hall–Kier alpha value is -4.40. The fourth-order valence-corrected chi connectivity index (χ4v) is 2.54. The minimum Gasteiger partial charge on any atom is -0.446 e. The first-order valence-electron chi connectivity index (χ1n) is 9.34. The third kappa shape index (κ3) is 5.57. The minimum absolute atomic E-state index is 0.0572. The second-order valence-electron chi connectivity index (χ2n) is 6.68. The lowest BCUT2D eigenvalue weighted by Gasteiger charge is -2.03. The summed E-state index contributed by atoms with van der Waals surface area (Å²) in [4.78, 5) is 24.5. The largest absolute Gasteiger partial charge is 0.446 e. The fraction of sp³-hybridized carbons (Fsp3) is 0.0909. The number of carbonyl (C=O) groups excluding carboxylic acids is 2. The Morgan fingerprint density at radius 3 is 1.39 bits per heavy atom. The maximum atomic E-state index is 12.2. The molecule has 9 heteroatoms. The molecular formula is C22H22N6O3. The van der Waals surface area contributed by atoms with Crippen molar-refractivity contribution < 1.29 is 14.0 Å². The van der Waals surface area contributed by atoms with E-state index in [0.717, 1.165) is 11.1 Å². The van der Waals surface area contributed by atoms with Crippen molar-refractivity contribution in [3.63, 3.8) is 0 Å². The topological polar surface area (TPSA) is 148 Å². The fourth-order valence-electron chi connectivity index (χ4n) is 2.54. The van der Waals surface area contributed by atoms with Crippen molar-refractivity contribution in [2.24, 2.45) is 10.2 Å². The molecule has 3 aromatic rings. The van der Waals surface area contributed by atoms with E-state index < -0.39 is 11.8 Å². The Morgan fingerprint density at radius 2 is 1.03 bits per heavy atom. The highest BCUT2D eigenvalue weighted by atomic mass is 16.4. The van der Waals surface area contributed by atoms with Gasteiger partial charge in [-0.2, -0.15) is 10.2 Å². The number of nitrogens with one attached hydrogen (secondary N) is 2. The number of hydrogen-bond donors (Lipinski definition) is 4. The average molecular weight is 418 g/mol. The zero-order valence-corrected chi connectivity index (χ0v) is 17.0. The maximum Gasteiger partial charge on any atom is 0.307 e. The number of rotatable bonds is 6. The number of anilines is 2. The van der Waals surface area contributed by atoms with Gasteiger partial charge in [-0.15, -0.1) is 0 Å². The molecule has 0 unspecified atom stereocenters. The first kappa shape index (κ1) is 21.3. The van der Waals surface area contributed by atoms with Crippen LogP contribution in [0.15, 0.2) is 75.3 Å². The molecule has 0 saturated carbocycles. The van der Waals surface area contributed by atoms with Gasteiger partial charge in [0.15, 0.2) is 11.5 Å². The number of hydrazone groups is 2. The summed E-state index contributed by atoms with van der Waals surface area (Å²) < 4.78 is 5.32. The van der Waals surface area contributed by atoms with Gasteiger partial charge < -0.3 is 15.9 Å². The summed E-state index contributed by atoms with van der Waals surface area (Å²) >= 11 is 0. The number of amides is 2. The maximum absolute atomic E-state index is 12.2. The molecule has 3 rings (SSSR count). The summed E-state index contributed by atoms with van der Waals surface area (Å²) in [5, 5.41) is 8.08. The molecule has 0 aliphatic carbocycles. The average Bonchev–Trinajstić information content (AvgIpc) is 3.27. The Bertz CT molecular complexity index is 1050. The summed E-state index contributed by atoms with van der Waals surface area (Å²) in [5.41, 5.74) is 20.2. The van der Waals surface area contributed by atoms with Crippen LogP contribution in [0.1, 0.15) is 46.1 Å². The van der Waals surface area contributed by atoms with Gasteiger partial charge in [0.2, 0.25) is 0 Å². The van der Waals surface area contributed by atoms with Crippen LogP contribution in [0, 0.1) is 0 Å². The Labute approximate surface area is 178 Å². The van der Waals surface area contributed by atoms with E-state index in [1.54, 1.807) is 62.4 Å². The van der Waals surface area contributed by atoms with Crippen LogP contribution < -0.4 is 22.3 Å². The number of nitrogens with two attached hydrogens (primary N) is 2. The van der Waals surface area contributed by atoms with E-state index in [2.05, 4.69) is 21.1 Å². The van der Waals surface area contributed by atoms with Crippen LogP contribution in [0.4, 0.5) is 11.4 Å². The van der Waals surface area contributed by atoms with E-state index in [-0.39, 0.29) is 11.5 Å². The van der Waals surface area contributed by atoms with E-state index in [0.29, 0.717) is 22.8 Å². The van der Waals surface area contributed by atoms with Crippen LogP contribution in [0.5, 0.6) is 0 Å². The molecule has 0 bridgehead atoms. The molecular weight excluding hydrogens is 396 g/mol. The predicted octanol–water partition coefficient (Wildman–Crippen LogP) is 2.75. The molecule has 0 radical (unpaired) electrons. The molecule has 6 N–H and O–H groups in total. The molecule has 1 heterocycles. The van der Waals surface area contributed by atoms with E-state index >= 15 is 0 Å². The first-order valence-corrected chi connectivity index (χ1v) is 9.34. The highest BCUT2D eigenvalue weighted by Crippen LogP contribution is 2.10. The number of nitrogen functional groups attached to an aromatic ring is 2.